The van der Waals surface area contributed by atoms with Crippen LogP contribution in [-0.4, -0.2) is 35.9 Å². The lowest BCUT2D eigenvalue weighted by Crippen LogP contribution is -2.33. The second-order valence-corrected chi connectivity index (χ2v) is 5.87. The number of halogens is 1. The van der Waals surface area contributed by atoms with Gasteiger partial charge in [0.2, 0.25) is 0 Å². The Morgan fingerprint density at radius 1 is 1.18 bits per heavy atom. The lowest BCUT2D eigenvalue weighted by Gasteiger charge is -2.19. The number of alkyl halides is 1. The summed E-state index contributed by atoms with van der Waals surface area (Å²) < 4.78 is 11.7. The number of ether oxygens (including phenoxy) is 2. The van der Waals surface area contributed by atoms with E-state index in [0.29, 0.717) is 13.2 Å². The molecular formula is C12H24INO3. The molecule has 1 N–H and O–H groups in total. The molecule has 0 aromatic heterocycles. The van der Waals surface area contributed by atoms with Gasteiger partial charge in [0.05, 0.1) is 0 Å². The number of rotatable bonds is 8. The topological polar surface area (TPSA) is 47.6 Å². The number of hydrogen-bond donors (Lipinski definition) is 1. The molecule has 0 atom stereocenters. The molecule has 0 aliphatic rings. The Bertz CT molecular complexity index is 204. The van der Waals surface area contributed by atoms with Gasteiger partial charge in [-0.2, -0.15) is 0 Å². The van der Waals surface area contributed by atoms with E-state index < -0.39 is 5.60 Å². The largest absolute Gasteiger partial charge is 0.444 e. The first kappa shape index (κ1) is 17.0. The van der Waals surface area contributed by atoms with Crippen molar-refractivity contribution < 1.29 is 14.3 Å². The van der Waals surface area contributed by atoms with Gasteiger partial charge in [-0.25, -0.2) is 4.79 Å². The van der Waals surface area contributed by atoms with Crippen LogP contribution in [0.25, 0.3) is 0 Å². The summed E-state index contributed by atoms with van der Waals surface area (Å²) in [6.07, 6.45) is 2.78. The zero-order chi connectivity index (χ0) is 13.1. The maximum absolute atomic E-state index is 11.3. The van der Waals surface area contributed by atoms with Gasteiger partial charge in [0.1, 0.15) is 5.60 Å². The van der Waals surface area contributed by atoms with Crippen LogP contribution >= 0.6 is 22.6 Å². The normalized spacial score (nSPS) is 11.3. The zero-order valence-electron chi connectivity index (χ0n) is 11.1. The molecule has 0 fully saturated rings. The minimum Gasteiger partial charge on any atom is -0.444 e. The highest BCUT2D eigenvalue weighted by Gasteiger charge is 2.15. The molecular weight excluding hydrogens is 333 g/mol. The van der Waals surface area contributed by atoms with Crippen LogP contribution in [0.3, 0.4) is 0 Å². The van der Waals surface area contributed by atoms with E-state index >= 15 is 0 Å². The number of carbonyl (C=O) groups is 1. The summed E-state index contributed by atoms with van der Waals surface area (Å²) in [7, 11) is 0. The van der Waals surface area contributed by atoms with Crippen LogP contribution in [0.5, 0.6) is 0 Å². The molecule has 5 heteroatoms. The van der Waals surface area contributed by atoms with Crippen LogP contribution < -0.4 is 5.32 Å². The van der Waals surface area contributed by atoms with Crippen LogP contribution in [0, 0.1) is 0 Å². The molecule has 0 saturated carbocycles. The third kappa shape index (κ3) is 13.9. The molecule has 0 bridgehead atoms. The maximum Gasteiger partial charge on any atom is 0.407 e. The number of unbranched alkanes of at least 4 members (excludes halogenated alkanes) is 1. The predicted octanol–water partition coefficient (Wildman–Crippen LogP) is 3.13. The fourth-order valence-electron chi connectivity index (χ4n) is 1.08. The molecule has 0 heterocycles. The Kier molecular flexibility index (Phi) is 9.91. The summed E-state index contributed by atoms with van der Waals surface area (Å²) in [4.78, 5) is 11.3. The van der Waals surface area contributed by atoms with E-state index in [0.717, 1.165) is 19.4 Å². The zero-order valence-corrected chi connectivity index (χ0v) is 13.2. The third-order valence-electron chi connectivity index (χ3n) is 1.81. The molecule has 0 aromatic rings. The summed E-state index contributed by atoms with van der Waals surface area (Å²) >= 11 is 2.36. The molecule has 0 unspecified atom stereocenters. The van der Waals surface area contributed by atoms with Crippen molar-refractivity contribution in [3.05, 3.63) is 0 Å². The Labute approximate surface area is 118 Å². The average molecular weight is 357 g/mol. The highest BCUT2D eigenvalue weighted by Crippen LogP contribution is 2.06. The smallest absolute Gasteiger partial charge is 0.407 e. The molecule has 0 aliphatic carbocycles. The van der Waals surface area contributed by atoms with Gasteiger partial charge in [0.25, 0.3) is 0 Å². The molecule has 1 amide bonds. The second kappa shape index (κ2) is 9.94. The predicted molar refractivity (Wildman–Crippen MR) is 77.8 cm³/mol. The van der Waals surface area contributed by atoms with E-state index in [-0.39, 0.29) is 6.09 Å². The van der Waals surface area contributed by atoms with E-state index in [4.69, 9.17) is 9.47 Å². The summed E-state index contributed by atoms with van der Waals surface area (Å²) in [5, 5.41) is 2.70. The van der Waals surface area contributed by atoms with Crippen LogP contribution in [0.4, 0.5) is 4.79 Å². The minimum absolute atomic E-state index is 0.359. The van der Waals surface area contributed by atoms with Crippen LogP contribution in [0.2, 0.25) is 0 Å². The van der Waals surface area contributed by atoms with Gasteiger partial charge in [-0.15, -0.1) is 0 Å². The molecule has 17 heavy (non-hydrogen) atoms. The van der Waals surface area contributed by atoms with Crippen molar-refractivity contribution in [3.63, 3.8) is 0 Å². The molecule has 0 aliphatic heterocycles. The van der Waals surface area contributed by atoms with Crippen LogP contribution in [0.15, 0.2) is 0 Å². The molecule has 0 aromatic carbocycles. The Morgan fingerprint density at radius 3 is 2.41 bits per heavy atom. The SMILES string of the molecule is CC(C)(C)OC(=O)NCCCOCCCCI. The van der Waals surface area contributed by atoms with Gasteiger partial charge in [-0.1, -0.05) is 22.6 Å². The van der Waals surface area contributed by atoms with E-state index in [9.17, 15) is 4.79 Å². The molecule has 0 spiro atoms. The first-order valence-corrected chi connectivity index (χ1v) is 7.59. The van der Waals surface area contributed by atoms with E-state index in [1.807, 2.05) is 20.8 Å². The van der Waals surface area contributed by atoms with Crippen molar-refractivity contribution in [1.82, 2.24) is 5.32 Å². The highest BCUT2D eigenvalue weighted by atomic mass is 127. The van der Waals surface area contributed by atoms with Gasteiger partial charge in [0.15, 0.2) is 0 Å². The standard InChI is InChI=1S/C12H24INO3/c1-12(2,3)17-11(15)14-8-6-10-16-9-5-4-7-13/h4-10H2,1-3H3,(H,14,15). The second-order valence-electron chi connectivity index (χ2n) is 4.79. The summed E-state index contributed by atoms with van der Waals surface area (Å²) in [6, 6.07) is 0. The third-order valence-corrected chi connectivity index (χ3v) is 2.57. The van der Waals surface area contributed by atoms with E-state index in [1.165, 1.54) is 10.8 Å². The maximum atomic E-state index is 11.3. The van der Waals surface area contributed by atoms with Crippen molar-refractivity contribution in [2.75, 3.05) is 24.2 Å². The molecule has 0 radical (unpaired) electrons. The summed E-state index contributed by atoms with van der Waals surface area (Å²) in [6.45, 7) is 7.65. The number of alkyl carbamates (subject to hydrolysis) is 1. The van der Waals surface area contributed by atoms with E-state index in [2.05, 4.69) is 27.9 Å². The number of hydrogen-bond acceptors (Lipinski definition) is 3. The molecule has 102 valence electrons. The van der Waals surface area contributed by atoms with Crippen molar-refractivity contribution in [1.29, 1.82) is 0 Å². The Hall–Kier alpha value is -0.0400. The molecule has 0 rings (SSSR count). The Morgan fingerprint density at radius 2 is 1.82 bits per heavy atom. The van der Waals surface area contributed by atoms with Crippen LogP contribution in [0.1, 0.15) is 40.0 Å². The number of amides is 1. The average Bonchev–Trinajstić information content (AvgIpc) is 2.19. The van der Waals surface area contributed by atoms with Gasteiger partial charge >= 0.3 is 6.09 Å². The van der Waals surface area contributed by atoms with Crippen molar-refractivity contribution in [2.24, 2.45) is 0 Å². The fourth-order valence-corrected chi connectivity index (χ4v) is 1.62. The van der Waals surface area contributed by atoms with Crippen molar-refractivity contribution in [3.8, 4) is 0 Å². The summed E-state index contributed by atoms with van der Waals surface area (Å²) in [5.74, 6) is 0. The Balaban J connectivity index is 3.25. The molecule has 0 saturated heterocycles. The van der Waals surface area contributed by atoms with Crippen molar-refractivity contribution >= 4 is 28.7 Å². The molecule has 4 nitrogen and oxygen atoms in total. The van der Waals surface area contributed by atoms with Gasteiger partial charge in [-0.05, 0) is 44.5 Å². The highest BCUT2D eigenvalue weighted by molar-refractivity contribution is 14.1. The lowest BCUT2D eigenvalue weighted by atomic mass is 10.2. The fraction of sp³-hybridized carbons (Fsp3) is 0.917. The van der Waals surface area contributed by atoms with Gasteiger partial charge < -0.3 is 14.8 Å². The number of nitrogens with one attached hydrogen (secondary N) is 1. The first-order valence-electron chi connectivity index (χ1n) is 6.06. The van der Waals surface area contributed by atoms with Crippen LogP contribution in [-0.2, 0) is 9.47 Å². The van der Waals surface area contributed by atoms with E-state index in [1.54, 1.807) is 0 Å². The quantitative estimate of drug-likeness (QED) is 0.413. The monoisotopic (exact) mass is 357 g/mol. The van der Waals surface area contributed by atoms with Crippen molar-refractivity contribution in [2.45, 2.75) is 45.6 Å². The first-order chi connectivity index (χ1) is 7.95. The van der Waals surface area contributed by atoms with Gasteiger partial charge in [0, 0.05) is 19.8 Å². The van der Waals surface area contributed by atoms with Gasteiger partial charge in [-0.3, -0.25) is 0 Å². The minimum atomic E-state index is -0.431. The summed E-state index contributed by atoms with van der Waals surface area (Å²) in [5.41, 5.74) is -0.431. The number of carbonyl (C=O) groups excluding carboxylic acids is 1. The lowest BCUT2D eigenvalue weighted by molar-refractivity contribution is 0.0520.